The van der Waals surface area contributed by atoms with Crippen LogP contribution in [-0.2, 0) is 16.0 Å². The molecular formula is C30H29ClN2O4. The lowest BCUT2D eigenvalue weighted by atomic mass is 10.0. The van der Waals surface area contributed by atoms with Gasteiger partial charge < -0.3 is 10.1 Å². The Morgan fingerprint density at radius 3 is 2.27 bits per heavy atom. The lowest BCUT2D eigenvalue weighted by Crippen LogP contribution is -2.32. The summed E-state index contributed by atoms with van der Waals surface area (Å²) in [6, 6.07) is 21.2. The molecular weight excluding hydrogens is 488 g/mol. The molecule has 0 atom stereocenters. The third-order valence-electron chi connectivity index (χ3n) is 6.17. The van der Waals surface area contributed by atoms with Crippen molar-refractivity contribution in [3.05, 3.63) is 100 Å². The fraction of sp³-hybridized carbons (Fsp3) is 0.233. The van der Waals surface area contributed by atoms with Gasteiger partial charge in [-0.15, -0.1) is 0 Å². The van der Waals surface area contributed by atoms with Crippen LogP contribution in [0.1, 0.15) is 61.0 Å². The Labute approximate surface area is 221 Å². The zero-order valence-electron chi connectivity index (χ0n) is 21.1. The highest BCUT2D eigenvalue weighted by molar-refractivity contribution is 6.53. The van der Waals surface area contributed by atoms with Crippen molar-refractivity contribution in [2.45, 2.75) is 46.0 Å². The molecule has 1 aliphatic heterocycles. The van der Waals surface area contributed by atoms with Gasteiger partial charge in [-0.25, -0.2) is 9.69 Å². The van der Waals surface area contributed by atoms with Crippen LogP contribution < -0.4 is 15.0 Å². The van der Waals surface area contributed by atoms with Gasteiger partial charge >= 0.3 is 5.97 Å². The van der Waals surface area contributed by atoms with E-state index in [0.29, 0.717) is 22.7 Å². The van der Waals surface area contributed by atoms with E-state index in [1.807, 2.05) is 44.2 Å². The molecule has 0 saturated heterocycles. The van der Waals surface area contributed by atoms with E-state index in [2.05, 4.69) is 12.2 Å². The second kappa shape index (κ2) is 11.4. The first kappa shape index (κ1) is 26.2. The quantitative estimate of drug-likeness (QED) is 0.192. The molecule has 0 aliphatic carbocycles. The number of benzene rings is 3. The molecule has 1 aliphatic rings. The molecule has 0 spiro atoms. The summed E-state index contributed by atoms with van der Waals surface area (Å²) in [5, 5.41) is 2.75. The minimum absolute atomic E-state index is 0.0112. The number of nitrogens with one attached hydrogen (secondary N) is 1. The van der Waals surface area contributed by atoms with Gasteiger partial charge in [0.1, 0.15) is 16.5 Å². The number of hydrogen-bond donors (Lipinski definition) is 1. The first-order valence-corrected chi connectivity index (χ1v) is 12.7. The lowest BCUT2D eigenvalue weighted by Gasteiger charge is -2.16. The summed E-state index contributed by atoms with van der Waals surface area (Å²) in [5.41, 5.74) is 3.40. The summed E-state index contributed by atoms with van der Waals surface area (Å²) >= 11 is 6.26. The molecule has 0 aromatic heterocycles. The van der Waals surface area contributed by atoms with E-state index in [9.17, 15) is 14.4 Å². The SMILES string of the molecule is CCCCc1ccc(N2C(=O)C(Cl)=C(Nc3ccc(C(=O)Oc4ccccc4C(C)C)cc3)C2=O)cc1. The number of aryl methyl sites for hydroxylation is 1. The molecule has 6 nitrogen and oxygen atoms in total. The van der Waals surface area contributed by atoms with Gasteiger partial charge in [0.25, 0.3) is 11.8 Å². The fourth-order valence-corrected chi connectivity index (χ4v) is 4.29. The smallest absolute Gasteiger partial charge is 0.343 e. The number of halogens is 1. The Morgan fingerprint density at radius 1 is 0.946 bits per heavy atom. The van der Waals surface area contributed by atoms with E-state index in [-0.39, 0.29) is 16.6 Å². The predicted molar refractivity (Wildman–Crippen MR) is 146 cm³/mol. The van der Waals surface area contributed by atoms with Gasteiger partial charge in [0.15, 0.2) is 0 Å². The monoisotopic (exact) mass is 516 g/mol. The number of ether oxygens (including phenoxy) is 1. The summed E-state index contributed by atoms with van der Waals surface area (Å²) in [6.07, 6.45) is 3.11. The van der Waals surface area contributed by atoms with Gasteiger partial charge in [-0.3, -0.25) is 9.59 Å². The molecule has 0 bridgehead atoms. The van der Waals surface area contributed by atoms with Crippen molar-refractivity contribution >= 4 is 40.8 Å². The van der Waals surface area contributed by atoms with Crippen LogP contribution in [0.5, 0.6) is 5.75 Å². The minimum Gasteiger partial charge on any atom is -0.423 e. The maximum Gasteiger partial charge on any atom is 0.343 e. The van der Waals surface area contributed by atoms with Crippen molar-refractivity contribution < 1.29 is 19.1 Å². The number of amides is 2. The standard InChI is InChI=1S/C30H29ClN2O4/c1-4-5-8-20-11-17-23(18-12-20)33-28(34)26(31)27(29(33)35)32-22-15-13-21(14-16-22)30(36)37-25-10-7-6-9-24(25)19(2)3/h6-7,9-19,32H,4-5,8H2,1-3H3. The van der Waals surface area contributed by atoms with Crippen LogP contribution in [0, 0.1) is 0 Å². The van der Waals surface area contributed by atoms with E-state index in [4.69, 9.17) is 16.3 Å². The van der Waals surface area contributed by atoms with Gasteiger partial charge in [0.2, 0.25) is 0 Å². The summed E-state index contributed by atoms with van der Waals surface area (Å²) in [4.78, 5) is 39.6. The number of rotatable bonds is 9. The Balaban J connectivity index is 1.45. The van der Waals surface area contributed by atoms with Crippen LogP contribution >= 0.6 is 11.6 Å². The van der Waals surface area contributed by atoms with Crippen LogP contribution in [-0.4, -0.2) is 17.8 Å². The van der Waals surface area contributed by atoms with Crippen LogP contribution in [0.25, 0.3) is 0 Å². The van der Waals surface area contributed by atoms with Gasteiger partial charge in [-0.1, -0.05) is 69.1 Å². The molecule has 0 fully saturated rings. The molecule has 7 heteroatoms. The number of nitrogens with zero attached hydrogens (tertiary/aromatic N) is 1. The lowest BCUT2D eigenvalue weighted by molar-refractivity contribution is -0.120. The Morgan fingerprint density at radius 2 is 1.62 bits per heavy atom. The number of carbonyl (C=O) groups excluding carboxylic acids is 3. The van der Waals surface area contributed by atoms with E-state index in [1.54, 1.807) is 42.5 Å². The molecule has 3 aromatic carbocycles. The predicted octanol–water partition coefficient (Wildman–Crippen LogP) is 6.81. The van der Waals surface area contributed by atoms with E-state index < -0.39 is 17.8 Å². The number of anilines is 2. The highest BCUT2D eigenvalue weighted by Crippen LogP contribution is 2.31. The van der Waals surface area contributed by atoms with E-state index >= 15 is 0 Å². The maximum atomic E-state index is 13.1. The summed E-state index contributed by atoms with van der Waals surface area (Å²) in [5.74, 6) is -0.879. The van der Waals surface area contributed by atoms with Gasteiger partial charge in [-0.2, -0.15) is 0 Å². The second-order valence-corrected chi connectivity index (χ2v) is 9.57. The highest BCUT2D eigenvalue weighted by atomic mass is 35.5. The van der Waals surface area contributed by atoms with Gasteiger partial charge in [0, 0.05) is 5.69 Å². The van der Waals surface area contributed by atoms with Crippen molar-refractivity contribution in [3.8, 4) is 5.75 Å². The zero-order valence-corrected chi connectivity index (χ0v) is 21.8. The average molecular weight is 517 g/mol. The molecule has 3 aromatic rings. The normalized spacial score (nSPS) is 13.5. The first-order valence-electron chi connectivity index (χ1n) is 12.4. The summed E-state index contributed by atoms with van der Waals surface area (Å²) in [7, 11) is 0. The Hall–Kier alpha value is -3.90. The number of imide groups is 1. The van der Waals surface area contributed by atoms with Crippen molar-refractivity contribution in [1.29, 1.82) is 0 Å². The third-order valence-corrected chi connectivity index (χ3v) is 6.53. The van der Waals surface area contributed by atoms with Gasteiger partial charge in [0.05, 0.1) is 11.3 Å². The molecule has 1 N–H and O–H groups in total. The number of carbonyl (C=O) groups is 3. The molecule has 1 heterocycles. The average Bonchev–Trinajstić information content (AvgIpc) is 3.11. The van der Waals surface area contributed by atoms with Crippen molar-refractivity contribution in [2.24, 2.45) is 0 Å². The van der Waals surface area contributed by atoms with Crippen LogP contribution in [0.4, 0.5) is 11.4 Å². The van der Waals surface area contributed by atoms with Crippen molar-refractivity contribution in [1.82, 2.24) is 0 Å². The first-order chi connectivity index (χ1) is 17.8. The molecule has 0 radical (unpaired) electrons. The topological polar surface area (TPSA) is 75.7 Å². The molecule has 0 unspecified atom stereocenters. The van der Waals surface area contributed by atoms with Crippen molar-refractivity contribution in [3.63, 3.8) is 0 Å². The number of unbranched alkanes of at least 4 members (excludes halogenated alkanes) is 1. The molecule has 190 valence electrons. The number of esters is 1. The minimum atomic E-state index is -0.584. The largest absolute Gasteiger partial charge is 0.423 e. The molecule has 37 heavy (non-hydrogen) atoms. The van der Waals surface area contributed by atoms with Gasteiger partial charge in [-0.05, 0) is 72.4 Å². The maximum absolute atomic E-state index is 13.1. The molecule has 0 saturated carbocycles. The molecule has 4 rings (SSSR count). The summed E-state index contributed by atoms with van der Waals surface area (Å²) < 4.78 is 5.61. The third kappa shape index (κ3) is 5.75. The zero-order chi connectivity index (χ0) is 26.5. The summed E-state index contributed by atoms with van der Waals surface area (Å²) in [6.45, 7) is 6.20. The van der Waals surface area contributed by atoms with Crippen LogP contribution in [0.2, 0.25) is 0 Å². The highest BCUT2D eigenvalue weighted by Gasteiger charge is 2.39. The van der Waals surface area contributed by atoms with E-state index in [1.165, 1.54) is 0 Å². The Kier molecular flexibility index (Phi) is 8.09. The van der Waals surface area contributed by atoms with Crippen molar-refractivity contribution in [2.75, 3.05) is 10.2 Å². The second-order valence-electron chi connectivity index (χ2n) is 9.19. The Bertz CT molecular complexity index is 1340. The number of hydrogen-bond acceptors (Lipinski definition) is 5. The van der Waals surface area contributed by atoms with E-state index in [0.717, 1.165) is 35.3 Å². The number of para-hydroxylation sites is 1. The van der Waals surface area contributed by atoms with Crippen LogP contribution in [0.15, 0.2) is 83.5 Å². The fourth-order valence-electron chi connectivity index (χ4n) is 4.08. The molecule has 2 amide bonds. The van der Waals surface area contributed by atoms with Crippen LogP contribution in [0.3, 0.4) is 0 Å².